The molecule has 0 aliphatic heterocycles. The first-order chi connectivity index (χ1) is 8.20. The van der Waals surface area contributed by atoms with Gasteiger partial charge in [-0.15, -0.1) is 0 Å². The molecule has 100 valence electrons. The SMILES string of the molecule is CC(C)c1ccc(N)c(C(=O)NCC(C)(C)O)c1. The van der Waals surface area contributed by atoms with E-state index in [1.165, 1.54) is 0 Å². The van der Waals surface area contributed by atoms with E-state index >= 15 is 0 Å². The van der Waals surface area contributed by atoms with Gasteiger partial charge < -0.3 is 16.2 Å². The minimum atomic E-state index is -0.930. The van der Waals surface area contributed by atoms with Gasteiger partial charge in [-0.3, -0.25) is 4.79 Å². The maximum atomic E-state index is 12.0. The van der Waals surface area contributed by atoms with Gasteiger partial charge in [0.15, 0.2) is 0 Å². The van der Waals surface area contributed by atoms with Crippen molar-refractivity contribution in [1.29, 1.82) is 0 Å². The van der Waals surface area contributed by atoms with Gasteiger partial charge in [0.25, 0.3) is 5.91 Å². The van der Waals surface area contributed by atoms with Crippen LogP contribution in [0.1, 0.15) is 49.5 Å². The molecule has 1 aromatic rings. The number of benzene rings is 1. The van der Waals surface area contributed by atoms with Crippen molar-refractivity contribution in [3.63, 3.8) is 0 Å². The first-order valence-electron chi connectivity index (χ1n) is 6.10. The summed E-state index contributed by atoms with van der Waals surface area (Å²) in [6.07, 6.45) is 0. The highest BCUT2D eigenvalue weighted by molar-refractivity contribution is 5.99. The number of nitrogen functional groups attached to an aromatic ring is 1. The van der Waals surface area contributed by atoms with E-state index in [4.69, 9.17) is 5.73 Å². The number of anilines is 1. The molecule has 0 bridgehead atoms. The Morgan fingerprint density at radius 1 is 1.44 bits per heavy atom. The van der Waals surface area contributed by atoms with Gasteiger partial charge in [-0.05, 0) is 37.5 Å². The number of carbonyl (C=O) groups excluding carboxylic acids is 1. The van der Waals surface area contributed by atoms with Gasteiger partial charge in [0.2, 0.25) is 0 Å². The highest BCUT2D eigenvalue weighted by Crippen LogP contribution is 2.20. The molecule has 0 aliphatic rings. The zero-order valence-electron chi connectivity index (χ0n) is 11.4. The molecule has 4 N–H and O–H groups in total. The maximum Gasteiger partial charge on any atom is 0.253 e. The molecule has 0 aliphatic carbocycles. The molecule has 0 spiro atoms. The summed E-state index contributed by atoms with van der Waals surface area (Å²) in [4.78, 5) is 12.0. The van der Waals surface area contributed by atoms with E-state index in [2.05, 4.69) is 19.2 Å². The van der Waals surface area contributed by atoms with E-state index < -0.39 is 5.60 Å². The molecule has 4 nitrogen and oxygen atoms in total. The van der Waals surface area contributed by atoms with Crippen molar-refractivity contribution in [1.82, 2.24) is 5.32 Å². The van der Waals surface area contributed by atoms with E-state index in [9.17, 15) is 9.90 Å². The second-order valence-electron chi connectivity index (χ2n) is 5.50. The Morgan fingerprint density at radius 2 is 2.06 bits per heavy atom. The second-order valence-corrected chi connectivity index (χ2v) is 5.50. The lowest BCUT2D eigenvalue weighted by Crippen LogP contribution is -2.38. The quantitative estimate of drug-likeness (QED) is 0.714. The van der Waals surface area contributed by atoms with Crippen LogP contribution in [0.3, 0.4) is 0 Å². The predicted octanol–water partition coefficient (Wildman–Crippen LogP) is 1.89. The Labute approximate surface area is 108 Å². The van der Waals surface area contributed by atoms with Gasteiger partial charge in [0, 0.05) is 12.2 Å². The normalized spacial score (nSPS) is 11.7. The fourth-order valence-electron chi connectivity index (χ4n) is 1.52. The fraction of sp³-hybridized carbons (Fsp3) is 0.500. The van der Waals surface area contributed by atoms with Crippen LogP contribution in [0.2, 0.25) is 0 Å². The molecule has 4 heteroatoms. The van der Waals surface area contributed by atoms with Gasteiger partial charge in [-0.2, -0.15) is 0 Å². The van der Waals surface area contributed by atoms with Crippen molar-refractivity contribution in [3.8, 4) is 0 Å². The molecule has 0 fully saturated rings. The summed E-state index contributed by atoms with van der Waals surface area (Å²) in [6, 6.07) is 5.47. The number of aliphatic hydroxyl groups is 1. The molecular weight excluding hydrogens is 228 g/mol. The molecule has 0 heterocycles. The zero-order valence-corrected chi connectivity index (χ0v) is 11.4. The number of rotatable bonds is 4. The third-order valence-electron chi connectivity index (χ3n) is 2.67. The summed E-state index contributed by atoms with van der Waals surface area (Å²) in [5.41, 5.74) is 6.86. The van der Waals surface area contributed by atoms with Gasteiger partial charge in [0.1, 0.15) is 0 Å². The summed E-state index contributed by atoms with van der Waals surface area (Å²) in [6.45, 7) is 7.59. The van der Waals surface area contributed by atoms with E-state index in [-0.39, 0.29) is 12.5 Å². The number of hydrogen-bond donors (Lipinski definition) is 3. The Hall–Kier alpha value is -1.55. The lowest BCUT2D eigenvalue weighted by Gasteiger charge is -2.18. The molecule has 0 saturated carbocycles. The van der Waals surface area contributed by atoms with E-state index in [1.54, 1.807) is 26.0 Å². The van der Waals surface area contributed by atoms with Crippen LogP contribution >= 0.6 is 0 Å². The number of carbonyl (C=O) groups is 1. The summed E-state index contributed by atoms with van der Waals surface area (Å²) >= 11 is 0. The first kappa shape index (κ1) is 14.5. The first-order valence-corrected chi connectivity index (χ1v) is 6.10. The van der Waals surface area contributed by atoms with E-state index in [0.29, 0.717) is 17.2 Å². The molecule has 0 saturated heterocycles. The monoisotopic (exact) mass is 250 g/mol. The lowest BCUT2D eigenvalue weighted by molar-refractivity contribution is 0.0694. The minimum Gasteiger partial charge on any atom is -0.398 e. The van der Waals surface area contributed by atoms with Crippen LogP contribution in [0.4, 0.5) is 5.69 Å². The number of amides is 1. The average molecular weight is 250 g/mol. The molecular formula is C14H22N2O2. The van der Waals surface area contributed by atoms with Gasteiger partial charge >= 0.3 is 0 Å². The molecule has 0 aromatic heterocycles. The van der Waals surface area contributed by atoms with Crippen molar-refractivity contribution in [2.75, 3.05) is 12.3 Å². The fourth-order valence-corrected chi connectivity index (χ4v) is 1.52. The van der Waals surface area contributed by atoms with Crippen molar-refractivity contribution in [3.05, 3.63) is 29.3 Å². The Morgan fingerprint density at radius 3 is 2.56 bits per heavy atom. The third-order valence-corrected chi connectivity index (χ3v) is 2.67. The van der Waals surface area contributed by atoms with Crippen LogP contribution in [-0.2, 0) is 0 Å². The smallest absolute Gasteiger partial charge is 0.253 e. The number of nitrogens with one attached hydrogen (secondary N) is 1. The van der Waals surface area contributed by atoms with Crippen molar-refractivity contribution >= 4 is 11.6 Å². The van der Waals surface area contributed by atoms with Gasteiger partial charge in [-0.25, -0.2) is 0 Å². The van der Waals surface area contributed by atoms with Gasteiger partial charge in [0.05, 0.1) is 11.2 Å². The summed E-state index contributed by atoms with van der Waals surface area (Å²) in [5.74, 6) is 0.0866. The summed E-state index contributed by atoms with van der Waals surface area (Å²) in [7, 11) is 0. The molecule has 1 amide bonds. The molecule has 0 unspecified atom stereocenters. The maximum absolute atomic E-state index is 12.0. The third kappa shape index (κ3) is 4.04. The van der Waals surface area contributed by atoms with Crippen molar-refractivity contribution in [2.24, 2.45) is 0 Å². The number of hydrogen-bond acceptors (Lipinski definition) is 3. The molecule has 18 heavy (non-hydrogen) atoms. The molecule has 0 atom stereocenters. The minimum absolute atomic E-state index is 0.192. The standard InChI is InChI=1S/C14H22N2O2/c1-9(2)10-5-6-12(15)11(7-10)13(17)16-8-14(3,4)18/h5-7,9,18H,8,15H2,1-4H3,(H,16,17). The van der Waals surface area contributed by atoms with Crippen molar-refractivity contribution in [2.45, 2.75) is 39.2 Å². The highest BCUT2D eigenvalue weighted by Gasteiger charge is 2.16. The second kappa shape index (κ2) is 5.40. The van der Waals surface area contributed by atoms with Gasteiger partial charge in [-0.1, -0.05) is 19.9 Å². The molecule has 1 rings (SSSR count). The Kier molecular flexibility index (Phi) is 4.35. The number of nitrogens with two attached hydrogens (primary N) is 1. The van der Waals surface area contributed by atoms with Crippen LogP contribution < -0.4 is 11.1 Å². The van der Waals surface area contributed by atoms with Crippen LogP contribution in [0.15, 0.2) is 18.2 Å². The largest absolute Gasteiger partial charge is 0.398 e. The Bertz CT molecular complexity index is 434. The predicted molar refractivity (Wildman–Crippen MR) is 73.6 cm³/mol. The molecule has 0 radical (unpaired) electrons. The van der Waals surface area contributed by atoms with E-state index in [1.807, 2.05) is 6.07 Å². The lowest BCUT2D eigenvalue weighted by atomic mass is 9.99. The summed E-state index contributed by atoms with van der Waals surface area (Å²) < 4.78 is 0. The van der Waals surface area contributed by atoms with Crippen LogP contribution in [0.25, 0.3) is 0 Å². The van der Waals surface area contributed by atoms with Crippen LogP contribution in [-0.4, -0.2) is 23.2 Å². The van der Waals surface area contributed by atoms with Crippen LogP contribution in [0, 0.1) is 0 Å². The topological polar surface area (TPSA) is 75.4 Å². The average Bonchev–Trinajstić information content (AvgIpc) is 2.25. The highest BCUT2D eigenvalue weighted by atomic mass is 16.3. The Balaban J connectivity index is 2.88. The summed E-state index contributed by atoms with van der Waals surface area (Å²) in [5, 5.41) is 12.3. The zero-order chi connectivity index (χ0) is 13.9. The van der Waals surface area contributed by atoms with Crippen molar-refractivity contribution < 1.29 is 9.90 Å². The van der Waals surface area contributed by atoms with Crippen LogP contribution in [0.5, 0.6) is 0 Å². The molecule has 1 aromatic carbocycles. The van der Waals surface area contributed by atoms with E-state index in [0.717, 1.165) is 5.56 Å².